The molecule has 2 N–H and O–H groups in total. The molecular formula is C24H23N5O4. The Bertz CT molecular complexity index is 1250. The monoisotopic (exact) mass is 445 g/mol. The zero-order valence-corrected chi connectivity index (χ0v) is 18.5. The minimum atomic E-state index is -0.305. The Morgan fingerprint density at radius 1 is 0.879 bits per heavy atom. The average molecular weight is 445 g/mol. The number of amides is 1. The molecule has 1 amide bonds. The number of aromatic nitrogens is 4. The smallest absolute Gasteiger partial charge is 0.269 e. The van der Waals surface area contributed by atoms with E-state index in [2.05, 4.69) is 25.5 Å². The molecular weight excluding hydrogens is 422 g/mol. The summed E-state index contributed by atoms with van der Waals surface area (Å²) in [5, 5.41) is 9.88. The first-order chi connectivity index (χ1) is 16.1. The van der Waals surface area contributed by atoms with Crippen LogP contribution in [0.1, 0.15) is 16.2 Å². The van der Waals surface area contributed by atoms with E-state index < -0.39 is 0 Å². The van der Waals surface area contributed by atoms with Crippen molar-refractivity contribution in [3.05, 3.63) is 72.3 Å². The number of carbonyl (C=O) groups excluding carboxylic acids is 1. The lowest BCUT2D eigenvalue weighted by Gasteiger charge is -2.08. The molecule has 9 nitrogen and oxygen atoms in total. The normalized spacial score (nSPS) is 10.5. The minimum absolute atomic E-state index is 0.237. The lowest BCUT2D eigenvalue weighted by molar-refractivity contribution is 0.0945. The first kappa shape index (κ1) is 21.8. The summed E-state index contributed by atoms with van der Waals surface area (Å²) in [6, 6.07) is 16.5. The zero-order chi connectivity index (χ0) is 23.2. The van der Waals surface area contributed by atoms with Crippen molar-refractivity contribution in [2.24, 2.45) is 0 Å². The highest BCUT2D eigenvalue weighted by atomic mass is 16.5. The number of hydrogen-bond acceptors (Lipinski definition) is 7. The Kier molecular flexibility index (Phi) is 6.49. The number of methoxy groups -OCH3 is 3. The third-order valence-corrected chi connectivity index (χ3v) is 5.04. The molecule has 0 aliphatic heterocycles. The van der Waals surface area contributed by atoms with Crippen molar-refractivity contribution in [3.8, 4) is 39.8 Å². The first-order valence-corrected chi connectivity index (χ1v) is 10.1. The highest BCUT2D eigenvalue weighted by Gasteiger charge is 2.15. The van der Waals surface area contributed by atoms with Gasteiger partial charge in [-0.25, -0.2) is 9.97 Å². The van der Waals surface area contributed by atoms with E-state index >= 15 is 0 Å². The molecule has 2 aromatic carbocycles. The van der Waals surface area contributed by atoms with Crippen LogP contribution >= 0.6 is 0 Å². The molecule has 0 radical (unpaired) electrons. The molecule has 4 rings (SSSR count). The molecule has 0 fully saturated rings. The van der Waals surface area contributed by atoms with Crippen LogP contribution in [0.25, 0.3) is 22.5 Å². The van der Waals surface area contributed by atoms with Gasteiger partial charge in [0.2, 0.25) is 0 Å². The molecule has 168 valence electrons. The maximum absolute atomic E-state index is 12.7. The number of H-pyrrole nitrogens is 1. The Hall–Kier alpha value is -4.40. The van der Waals surface area contributed by atoms with Crippen molar-refractivity contribution in [1.29, 1.82) is 0 Å². The van der Waals surface area contributed by atoms with Gasteiger partial charge < -0.3 is 19.5 Å². The van der Waals surface area contributed by atoms with Gasteiger partial charge in [-0.2, -0.15) is 5.10 Å². The Balaban J connectivity index is 1.46. The van der Waals surface area contributed by atoms with Crippen molar-refractivity contribution < 1.29 is 19.0 Å². The highest BCUT2D eigenvalue weighted by Crippen LogP contribution is 2.32. The predicted octanol–water partition coefficient (Wildman–Crippen LogP) is 3.49. The molecule has 0 saturated carbocycles. The van der Waals surface area contributed by atoms with E-state index in [1.165, 1.54) is 6.33 Å². The topological polar surface area (TPSA) is 111 Å². The minimum Gasteiger partial charge on any atom is -0.497 e. The largest absolute Gasteiger partial charge is 0.497 e. The van der Waals surface area contributed by atoms with Gasteiger partial charge in [0.05, 0.1) is 45.0 Å². The Labute approximate surface area is 190 Å². The summed E-state index contributed by atoms with van der Waals surface area (Å²) < 4.78 is 15.9. The van der Waals surface area contributed by atoms with E-state index in [1.54, 1.807) is 45.6 Å². The van der Waals surface area contributed by atoms with Crippen molar-refractivity contribution in [1.82, 2.24) is 25.5 Å². The molecule has 0 spiro atoms. The van der Waals surface area contributed by atoms with Crippen LogP contribution in [-0.2, 0) is 6.54 Å². The summed E-state index contributed by atoms with van der Waals surface area (Å²) in [6.07, 6.45) is 1.48. The molecule has 0 bridgehead atoms. The van der Waals surface area contributed by atoms with Crippen LogP contribution in [0.4, 0.5) is 0 Å². The van der Waals surface area contributed by atoms with Crippen LogP contribution in [0, 0.1) is 0 Å². The zero-order valence-electron chi connectivity index (χ0n) is 18.5. The molecule has 0 unspecified atom stereocenters. The van der Waals surface area contributed by atoms with Crippen LogP contribution in [0.2, 0.25) is 0 Å². The number of nitrogens with one attached hydrogen (secondary N) is 2. The summed E-state index contributed by atoms with van der Waals surface area (Å²) in [5.74, 6) is 1.75. The fraction of sp³-hybridized carbons (Fsp3) is 0.167. The first-order valence-electron chi connectivity index (χ1n) is 10.1. The number of hydrogen-bond donors (Lipinski definition) is 2. The maximum Gasteiger partial charge on any atom is 0.269 e. The molecule has 0 atom stereocenters. The summed E-state index contributed by atoms with van der Waals surface area (Å²) in [6.45, 7) is 0.237. The molecule has 0 saturated heterocycles. The molecule has 2 aromatic heterocycles. The molecule has 2 heterocycles. The van der Waals surface area contributed by atoms with Crippen molar-refractivity contribution in [2.75, 3.05) is 21.3 Å². The number of aromatic amines is 1. The second kappa shape index (κ2) is 9.82. The van der Waals surface area contributed by atoms with Crippen LogP contribution in [0.3, 0.4) is 0 Å². The number of nitrogens with zero attached hydrogens (tertiary/aromatic N) is 3. The van der Waals surface area contributed by atoms with Gasteiger partial charge in [-0.15, -0.1) is 0 Å². The lowest BCUT2D eigenvalue weighted by Crippen LogP contribution is -2.23. The molecule has 0 aliphatic carbocycles. The summed E-state index contributed by atoms with van der Waals surface area (Å²) in [5.41, 5.74) is 3.96. The van der Waals surface area contributed by atoms with Crippen LogP contribution in [-0.4, -0.2) is 47.4 Å². The SMILES string of the molecule is COc1ccc(-c2cc(CNC(=O)c3cc(-c4cc(OC)ccc4OC)n[nH]3)ncn2)cc1. The van der Waals surface area contributed by atoms with E-state index in [0.29, 0.717) is 34.1 Å². The van der Waals surface area contributed by atoms with Gasteiger partial charge in [-0.1, -0.05) is 0 Å². The number of benzene rings is 2. The predicted molar refractivity (Wildman–Crippen MR) is 122 cm³/mol. The van der Waals surface area contributed by atoms with Gasteiger partial charge in [-0.05, 0) is 54.6 Å². The van der Waals surface area contributed by atoms with Crippen LogP contribution in [0.15, 0.2) is 60.9 Å². The van der Waals surface area contributed by atoms with Gasteiger partial charge in [0.15, 0.2) is 0 Å². The molecule has 9 heteroatoms. The second-order valence-electron chi connectivity index (χ2n) is 7.04. The van der Waals surface area contributed by atoms with Gasteiger partial charge in [0.1, 0.15) is 29.3 Å². The number of rotatable bonds is 8. The fourth-order valence-electron chi connectivity index (χ4n) is 3.27. The third kappa shape index (κ3) is 4.93. The second-order valence-corrected chi connectivity index (χ2v) is 7.04. The van der Waals surface area contributed by atoms with Crippen molar-refractivity contribution in [3.63, 3.8) is 0 Å². The van der Waals surface area contributed by atoms with E-state index in [0.717, 1.165) is 17.0 Å². The van der Waals surface area contributed by atoms with Crippen molar-refractivity contribution in [2.45, 2.75) is 6.54 Å². The van der Waals surface area contributed by atoms with E-state index in [9.17, 15) is 4.79 Å². The lowest BCUT2D eigenvalue weighted by atomic mass is 10.1. The molecule has 0 aliphatic rings. The highest BCUT2D eigenvalue weighted by molar-refractivity contribution is 5.93. The fourth-order valence-corrected chi connectivity index (χ4v) is 3.27. The van der Waals surface area contributed by atoms with E-state index in [-0.39, 0.29) is 12.5 Å². The Morgan fingerprint density at radius 2 is 1.64 bits per heavy atom. The maximum atomic E-state index is 12.7. The van der Waals surface area contributed by atoms with Gasteiger partial charge in [-0.3, -0.25) is 9.89 Å². The van der Waals surface area contributed by atoms with Gasteiger partial charge in [0, 0.05) is 11.1 Å². The summed E-state index contributed by atoms with van der Waals surface area (Å²) in [7, 11) is 4.78. The number of carbonyl (C=O) groups is 1. The van der Waals surface area contributed by atoms with Gasteiger partial charge >= 0.3 is 0 Å². The number of ether oxygens (including phenoxy) is 3. The summed E-state index contributed by atoms with van der Waals surface area (Å²) in [4.78, 5) is 21.2. The molecule has 33 heavy (non-hydrogen) atoms. The average Bonchev–Trinajstić information content (AvgIpc) is 3.37. The van der Waals surface area contributed by atoms with Crippen molar-refractivity contribution >= 4 is 5.91 Å². The Morgan fingerprint density at radius 3 is 2.36 bits per heavy atom. The molecule has 4 aromatic rings. The quantitative estimate of drug-likeness (QED) is 0.427. The van der Waals surface area contributed by atoms with E-state index in [4.69, 9.17) is 14.2 Å². The third-order valence-electron chi connectivity index (χ3n) is 5.04. The van der Waals surface area contributed by atoms with E-state index in [1.807, 2.05) is 30.3 Å². The van der Waals surface area contributed by atoms with Crippen LogP contribution in [0.5, 0.6) is 17.2 Å². The van der Waals surface area contributed by atoms with Crippen LogP contribution < -0.4 is 19.5 Å². The van der Waals surface area contributed by atoms with Gasteiger partial charge in [0.25, 0.3) is 5.91 Å². The summed E-state index contributed by atoms with van der Waals surface area (Å²) >= 11 is 0. The standard InChI is InChI=1S/C24H23N5O4/c1-31-17-6-4-15(5-7-17)20-10-16(26-14-27-20)13-25-24(30)22-12-21(28-29-22)19-11-18(32-2)8-9-23(19)33-3/h4-12,14H,13H2,1-3H3,(H,25,30)(H,28,29).